The van der Waals surface area contributed by atoms with Gasteiger partial charge in [-0.3, -0.25) is 0 Å². The molecule has 0 aliphatic carbocycles. The number of imidazole rings is 1. The molecule has 0 aromatic carbocycles. The monoisotopic (exact) mass is 225 g/mol. The molecule has 0 saturated heterocycles. The van der Waals surface area contributed by atoms with E-state index in [0.29, 0.717) is 17.0 Å². The lowest BCUT2D eigenvalue weighted by atomic mass is 10.4. The lowest BCUT2D eigenvalue weighted by molar-refractivity contribution is 0.600. The predicted molar refractivity (Wildman–Crippen MR) is 58.2 cm³/mol. The highest BCUT2D eigenvalue weighted by Gasteiger charge is 2.10. The molecular formula is C9H11N3O2S. The molecule has 0 aliphatic rings. The third kappa shape index (κ3) is 1.94. The summed E-state index contributed by atoms with van der Waals surface area (Å²) in [6.07, 6.45) is 4.48. The fourth-order valence-electron chi connectivity index (χ4n) is 1.46. The number of nitrogens with two attached hydrogens (primary N) is 1. The van der Waals surface area contributed by atoms with E-state index in [4.69, 9.17) is 5.73 Å². The number of pyridine rings is 1. The van der Waals surface area contributed by atoms with Crippen molar-refractivity contribution in [2.75, 3.05) is 12.0 Å². The Bertz CT molecular complexity index is 601. The summed E-state index contributed by atoms with van der Waals surface area (Å²) < 4.78 is 24.0. The number of aromatic nitrogens is 2. The second-order valence-corrected chi connectivity index (χ2v) is 5.62. The van der Waals surface area contributed by atoms with Gasteiger partial charge in [-0.15, -0.1) is 0 Å². The summed E-state index contributed by atoms with van der Waals surface area (Å²) in [4.78, 5) is 4.08. The Labute approximate surface area is 87.5 Å². The second kappa shape index (κ2) is 3.23. The number of sulfone groups is 1. The predicted octanol–water partition coefficient (Wildman–Crippen LogP) is 0.461. The summed E-state index contributed by atoms with van der Waals surface area (Å²) in [6, 6.07) is 3.49. The van der Waals surface area contributed by atoms with Crippen molar-refractivity contribution in [1.29, 1.82) is 0 Å². The van der Waals surface area contributed by atoms with Gasteiger partial charge in [-0.05, 0) is 12.1 Å². The Morgan fingerprint density at radius 2 is 2.27 bits per heavy atom. The molecule has 2 N–H and O–H groups in total. The van der Waals surface area contributed by atoms with Crippen LogP contribution in [0.15, 0.2) is 24.5 Å². The van der Waals surface area contributed by atoms with E-state index in [2.05, 4.69) is 4.98 Å². The zero-order chi connectivity index (χ0) is 11.1. The van der Waals surface area contributed by atoms with Crippen LogP contribution >= 0.6 is 0 Å². The fourth-order valence-corrected chi connectivity index (χ4v) is 2.21. The summed E-state index contributed by atoms with van der Waals surface area (Å²) in [5.74, 6) is -0.0301. The van der Waals surface area contributed by atoms with Crippen molar-refractivity contribution in [1.82, 2.24) is 9.38 Å². The van der Waals surface area contributed by atoms with Gasteiger partial charge in [0.15, 0.2) is 15.5 Å². The first-order chi connectivity index (χ1) is 6.97. The first-order valence-electron chi connectivity index (χ1n) is 4.35. The molecule has 0 bridgehead atoms. The van der Waals surface area contributed by atoms with Crippen LogP contribution in [0.2, 0.25) is 0 Å². The molecule has 0 unspecified atom stereocenters. The highest BCUT2D eigenvalue weighted by atomic mass is 32.2. The standard InChI is InChI=1S/C9H11N3O2S/c1-15(13,14)6-7-5-11-9-8(10)3-2-4-12(7)9/h2-5H,6,10H2,1H3. The van der Waals surface area contributed by atoms with E-state index in [9.17, 15) is 8.42 Å². The lowest BCUT2D eigenvalue weighted by Gasteiger charge is -2.01. The summed E-state index contributed by atoms with van der Waals surface area (Å²) in [6.45, 7) is 0. The minimum atomic E-state index is -3.05. The van der Waals surface area contributed by atoms with Gasteiger partial charge < -0.3 is 10.1 Å². The minimum absolute atomic E-state index is 0.0301. The Morgan fingerprint density at radius 3 is 2.93 bits per heavy atom. The van der Waals surface area contributed by atoms with Gasteiger partial charge in [-0.25, -0.2) is 13.4 Å². The highest BCUT2D eigenvalue weighted by molar-refractivity contribution is 7.89. The average molecular weight is 225 g/mol. The van der Waals surface area contributed by atoms with E-state index in [1.165, 1.54) is 12.5 Å². The molecule has 0 spiro atoms. The molecule has 2 heterocycles. The molecule has 2 aromatic rings. The number of anilines is 1. The SMILES string of the molecule is CS(=O)(=O)Cc1cnc2c(N)cccn12. The zero-order valence-corrected chi connectivity index (χ0v) is 9.03. The van der Waals surface area contributed by atoms with E-state index in [0.717, 1.165) is 0 Å². The fraction of sp³-hybridized carbons (Fsp3) is 0.222. The molecule has 80 valence electrons. The molecule has 6 heteroatoms. The molecule has 0 atom stereocenters. The average Bonchev–Trinajstić information content (AvgIpc) is 2.48. The van der Waals surface area contributed by atoms with E-state index in [1.807, 2.05) is 0 Å². The van der Waals surface area contributed by atoms with E-state index >= 15 is 0 Å². The highest BCUT2D eigenvalue weighted by Crippen LogP contribution is 2.14. The van der Waals surface area contributed by atoms with Crippen LogP contribution in [0.1, 0.15) is 5.69 Å². The molecule has 2 aromatic heterocycles. The summed E-state index contributed by atoms with van der Waals surface area (Å²) >= 11 is 0. The number of nitrogens with zero attached hydrogens (tertiary/aromatic N) is 2. The molecule has 0 radical (unpaired) electrons. The van der Waals surface area contributed by atoms with Crippen molar-refractivity contribution in [3.05, 3.63) is 30.2 Å². The van der Waals surface area contributed by atoms with Crippen LogP contribution < -0.4 is 5.73 Å². The molecule has 0 amide bonds. The number of fused-ring (bicyclic) bond motifs is 1. The van der Waals surface area contributed by atoms with Crippen molar-refractivity contribution in [2.45, 2.75) is 5.75 Å². The van der Waals surface area contributed by atoms with E-state index in [-0.39, 0.29) is 5.75 Å². The first kappa shape index (κ1) is 9.97. The van der Waals surface area contributed by atoms with Crippen LogP contribution in [-0.4, -0.2) is 24.1 Å². The van der Waals surface area contributed by atoms with Gasteiger partial charge in [0.25, 0.3) is 0 Å². The lowest BCUT2D eigenvalue weighted by Crippen LogP contribution is -2.03. The van der Waals surface area contributed by atoms with Crippen LogP contribution in [0.4, 0.5) is 5.69 Å². The number of nitrogen functional groups attached to an aromatic ring is 1. The van der Waals surface area contributed by atoms with Crippen molar-refractivity contribution >= 4 is 21.2 Å². The summed E-state index contributed by atoms with van der Waals surface area (Å²) in [5.41, 5.74) is 7.46. The Morgan fingerprint density at radius 1 is 1.53 bits per heavy atom. The molecule has 0 aliphatic heterocycles. The second-order valence-electron chi connectivity index (χ2n) is 3.48. The van der Waals surface area contributed by atoms with Gasteiger partial charge in [0.2, 0.25) is 0 Å². The molecular weight excluding hydrogens is 214 g/mol. The molecule has 2 rings (SSSR count). The minimum Gasteiger partial charge on any atom is -0.396 e. The number of rotatable bonds is 2. The normalized spacial score (nSPS) is 12.1. The zero-order valence-electron chi connectivity index (χ0n) is 8.21. The summed E-state index contributed by atoms with van der Waals surface area (Å²) in [5, 5.41) is 0. The maximum absolute atomic E-state index is 11.2. The molecule has 0 saturated carbocycles. The quantitative estimate of drug-likeness (QED) is 0.805. The Hall–Kier alpha value is -1.56. The van der Waals surface area contributed by atoms with Crippen LogP contribution in [0.5, 0.6) is 0 Å². The van der Waals surface area contributed by atoms with Crippen LogP contribution in [0.25, 0.3) is 5.65 Å². The van der Waals surface area contributed by atoms with Crippen LogP contribution in [-0.2, 0) is 15.6 Å². The van der Waals surface area contributed by atoms with Gasteiger partial charge in [-0.1, -0.05) is 0 Å². The smallest absolute Gasteiger partial charge is 0.160 e. The maximum Gasteiger partial charge on any atom is 0.160 e. The van der Waals surface area contributed by atoms with Gasteiger partial charge in [-0.2, -0.15) is 0 Å². The number of hydrogen-bond donors (Lipinski definition) is 1. The van der Waals surface area contributed by atoms with Crippen molar-refractivity contribution < 1.29 is 8.42 Å². The van der Waals surface area contributed by atoms with Gasteiger partial charge in [0.1, 0.15) is 0 Å². The van der Waals surface area contributed by atoms with Crippen LogP contribution in [0.3, 0.4) is 0 Å². The van der Waals surface area contributed by atoms with Gasteiger partial charge >= 0.3 is 0 Å². The third-order valence-electron chi connectivity index (χ3n) is 2.05. The van der Waals surface area contributed by atoms with Crippen molar-refractivity contribution in [3.63, 3.8) is 0 Å². The third-order valence-corrected chi connectivity index (χ3v) is 2.87. The first-order valence-corrected chi connectivity index (χ1v) is 6.41. The van der Waals surface area contributed by atoms with Gasteiger partial charge in [0, 0.05) is 12.5 Å². The van der Waals surface area contributed by atoms with Crippen molar-refractivity contribution in [3.8, 4) is 0 Å². The van der Waals surface area contributed by atoms with Crippen molar-refractivity contribution in [2.24, 2.45) is 0 Å². The van der Waals surface area contributed by atoms with E-state index in [1.54, 1.807) is 22.7 Å². The molecule has 0 fully saturated rings. The molecule has 5 nitrogen and oxygen atoms in total. The summed E-state index contributed by atoms with van der Waals surface area (Å²) in [7, 11) is -3.05. The number of hydrogen-bond acceptors (Lipinski definition) is 4. The maximum atomic E-state index is 11.2. The largest absolute Gasteiger partial charge is 0.396 e. The molecule has 15 heavy (non-hydrogen) atoms. The van der Waals surface area contributed by atoms with E-state index < -0.39 is 9.84 Å². The van der Waals surface area contributed by atoms with Gasteiger partial charge in [0.05, 0.1) is 23.3 Å². The van der Waals surface area contributed by atoms with Crippen LogP contribution in [0, 0.1) is 0 Å². The Kier molecular flexibility index (Phi) is 2.15. The topological polar surface area (TPSA) is 77.5 Å². The Balaban J connectivity index is 2.60.